The number of phenols is 1. The van der Waals surface area contributed by atoms with E-state index < -0.39 is 119 Å². The summed E-state index contributed by atoms with van der Waals surface area (Å²) in [6.45, 7) is 7.49. The molecule has 0 aliphatic heterocycles. The molecule has 0 spiro atoms. The lowest BCUT2D eigenvalue weighted by Gasteiger charge is -2.26. The molecule has 5 rings (SSSR count). The number of carboxylic acids is 1. The lowest BCUT2D eigenvalue weighted by molar-refractivity contribution is -0.135. The van der Waals surface area contributed by atoms with Crippen LogP contribution >= 0.6 is 0 Å². The molecule has 27 heteroatoms. The van der Waals surface area contributed by atoms with Crippen LogP contribution in [0.5, 0.6) is 5.75 Å². The number of hydrogen-bond donors (Lipinski definition) is 15. The third kappa shape index (κ3) is 23.5. The van der Waals surface area contributed by atoms with Crippen LogP contribution in [0.25, 0.3) is 10.9 Å². The Morgan fingerprint density at radius 1 is 0.593 bits per heavy atom. The van der Waals surface area contributed by atoms with Gasteiger partial charge in [-0.3, -0.25) is 52.7 Å². The van der Waals surface area contributed by atoms with Crippen molar-refractivity contribution in [3.63, 3.8) is 0 Å². The molecular weight excluding hydrogens is 1110 g/mol. The molecule has 0 aliphatic carbocycles. The van der Waals surface area contributed by atoms with Gasteiger partial charge in [-0.1, -0.05) is 94.3 Å². The molecular formula is C59H80N14O13. The van der Waals surface area contributed by atoms with Gasteiger partial charge in [0.15, 0.2) is 0 Å². The molecule has 10 amide bonds. The van der Waals surface area contributed by atoms with E-state index in [0.717, 1.165) is 24.2 Å². The minimum Gasteiger partial charge on any atom is -0.508 e. The molecule has 2 heterocycles. The molecule has 86 heavy (non-hydrogen) atoms. The van der Waals surface area contributed by atoms with Crippen molar-refractivity contribution in [3.05, 3.63) is 120 Å². The Labute approximate surface area is 497 Å². The normalized spacial score (nSPS) is 13.7. The van der Waals surface area contributed by atoms with E-state index in [0.29, 0.717) is 35.2 Å². The number of aliphatic carboxylic acids is 1. The van der Waals surface area contributed by atoms with Gasteiger partial charge in [0.2, 0.25) is 59.1 Å². The average molecular weight is 1190 g/mol. The number of phenolic OH excluding ortho intramolecular Hbond substituents is 1. The number of carboxylic acid groups (broad SMARTS) is 1. The quantitative estimate of drug-likeness (QED) is 0.0259. The van der Waals surface area contributed by atoms with E-state index in [2.05, 4.69) is 57.5 Å². The van der Waals surface area contributed by atoms with Crippen LogP contribution < -0.4 is 59.7 Å². The topological polar surface area (TPSA) is 447 Å². The Morgan fingerprint density at radius 2 is 1.16 bits per heavy atom. The van der Waals surface area contributed by atoms with Crippen molar-refractivity contribution in [1.82, 2.24) is 57.5 Å². The van der Waals surface area contributed by atoms with Crippen LogP contribution in [0.2, 0.25) is 0 Å². The number of para-hydroxylation sites is 1. The Balaban J connectivity index is 0.00000383. The fraction of sp³-hybridized carbons (Fsp3) is 0.424. The van der Waals surface area contributed by atoms with E-state index >= 15 is 0 Å². The average Bonchev–Trinajstić information content (AvgIpc) is 3.18. The van der Waals surface area contributed by atoms with Crippen LogP contribution in [-0.2, 0) is 78.4 Å². The van der Waals surface area contributed by atoms with Crippen LogP contribution in [-0.4, -0.2) is 145 Å². The third-order valence-corrected chi connectivity index (χ3v) is 13.5. The smallest absolute Gasteiger partial charge is 0.300 e. The van der Waals surface area contributed by atoms with E-state index in [1.165, 1.54) is 31.6 Å². The van der Waals surface area contributed by atoms with Gasteiger partial charge in [0, 0.05) is 74.6 Å². The zero-order valence-electron chi connectivity index (χ0n) is 48.8. The van der Waals surface area contributed by atoms with E-state index in [1.807, 2.05) is 25.1 Å². The molecule has 5 aromatic rings. The zero-order chi connectivity index (χ0) is 63.5. The zero-order valence-corrected chi connectivity index (χ0v) is 48.8. The summed E-state index contributed by atoms with van der Waals surface area (Å²) in [5.41, 5.74) is 20.4. The molecule has 0 radical (unpaired) electrons. The fourth-order valence-electron chi connectivity index (χ4n) is 8.81. The largest absolute Gasteiger partial charge is 0.508 e. The van der Waals surface area contributed by atoms with Crippen molar-refractivity contribution in [2.75, 3.05) is 6.54 Å². The Bertz CT molecular complexity index is 3080. The van der Waals surface area contributed by atoms with Gasteiger partial charge in [-0.2, -0.15) is 0 Å². The number of aromatic hydroxyl groups is 1. The molecule has 8 atom stereocenters. The monoisotopic (exact) mass is 1190 g/mol. The van der Waals surface area contributed by atoms with Crippen LogP contribution in [0.4, 0.5) is 0 Å². The third-order valence-electron chi connectivity index (χ3n) is 13.5. The molecule has 27 nitrogen and oxygen atoms in total. The van der Waals surface area contributed by atoms with Crippen molar-refractivity contribution in [3.8, 4) is 5.75 Å². The first-order valence-corrected chi connectivity index (χ1v) is 28.1. The van der Waals surface area contributed by atoms with Crippen LogP contribution in [0.3, 0.4) is 0 Å². The number of aromatic amines is 2. The first kappa shape index (κ1) is 68.8. The number of benzene rings is 3. The van der Waals surface area contributed by atoms with E-state index in [-0.39, 0.29) is 57.2 Å². The van der Waals surface area contributed by atoms with Gasteiger partial charge in [0.05, 0.1) is 12.4 Å². The number of unbranched alkanes of at least 4 members (excludes halogenated alkanes) is 1. The summed E-state index contributed by atoms with van der Waals surface area (Å²) in [5.74, 6) is -8.67. The molecule has 2 aromatic heterocycles. The van der Waals surface area contributed by atoms with Crippen LogP contribution in [0, 0.1) is 5.92 Å². The Morgan fingerprint density at radius 3 is 1.77 bits per heavy atom. The first-order valence-electron chi connectivity index (χ1n) is 28.1. The highest BCUT2D eigenvalue weighted by Crippen LogP contribution is 2.20. The van der Waals surface area contributed by atoms with Gasteiger partial charge in [0.25, 0.3) is 5.97 Å². The number of amides is 10. The highest BCUT2D eigenvalue weighted by atomic mass is 16.4. The lowest BCUT2D eigenvalue weighted by atomic mass is 10.0. The van der Waals surface area contributed by atoms with E-state index in [9.17, 15) is 53.1 Å². The van der Waals surface area contributed by atoms with E-state index in [1.54, 1.807) is 68.6 Å². The van der Waals surface area contributed by atoms with E-state index in [4.69, 9.17) is 27.1 Å². The predicted molar refractivity (Wildman–Crippen MR) is 316 cm³/mol. The van der Waals surface area contributed by atoms with Gasteiger partial charge in [-0.05, 0) is 67.0 Å². The number of nitrogens with two attached hydrogens (primary N) is 3. The maximum Gasteiger partial charge on any atom is 0.300 e. The molecule has 0 saturated heterocycles. The van der Waals surface area contributed by atoms with Crippen molar-refractivity contribution in [2.24, 2.45) is 23.1 Å². The summed E-state index contributed by atoms with van der Waals surface area (Å²) in [7, 11) is 0. The molecule has 464 valence electrons. The maximum atomic E-state index is 14.2. The van der Waals surface area contributed by atoms with Gasteiger partial charge in [-0.25, -0.2) is 4.98 Å². The number of H-pyrrole nitrogens is 2. The summed E-state index contributed by atoms with van der Waals surface area (Å²) >= 11 is 0. The summed E-state index contributed by atoms with van der Waals surface area (Å²) in [4.78, 5) is 154. The molecule has 0 fully saturated rings. The highest BCUT2D eigenvalue weighted by molar-refractivity contribution is 5.97. The maximum absolute atomic E-state index is 14.2. The number of carbonyl (C=O) groups excluding carboxylic acids is 10. The number of nitrogens with zero attached hydrogens (tertiary/aromatic N) is 1. The molecule has 3 aromatic carbocycles. The van der Waals surface area contributed by atoms with Gasteiger partial charge in [-0.15, -0.1) is 0 Å². The number of hydrogen-bond acceptors (Lipinski definition) is 14. The highest BCUT2D eigenvalue weighted by Gasteiger charge is 2.34. The number of nitrogens with one attached hydrogen (secondary N) is 10. The summed E-state index contributed by atoms with van der Waals surface area (Å²) in [5, 5.41) is 39.1. The Hall–Kier alpha value is -9.66. The second-order valence-corrected chi connectivity index (χ2v) is 20.9. The predicted octanol–water partition coefficient (Wildman–Crippen LogP) is -0.198. The standard InChI is InChI=1S/C57H76N14O11.C2H4O2/c1-5-6-15-42(50(60)75)67-55(80)44(26-34-12-8-7-9-13-34)69-56(81)46(28-37-30-61-31-64-37)66-48(74)23-24-62-57(82)49(32(2)3)71-51(76)33(4)65-54(79)45(27-36-29-63-41-16-11-10-14-39(36)41)70-53(78)43(21-22-47(59)73)68-52(77)40(58)25-35-17-19-38(72)20-18-35;1-2(3)4/h7-14,16-20,29-33,40,42-46,49,63,72H,5-6,15,21-28,58H2,1-4H3,(H2,59,73)(H2,60,75)(H,61,64)(H,62,82)(H,65,79)(H,66,74)(H,67,80)(H,68,77)(H,69,81)(H,70,78)(H,71,76);1H3,(H,3,4)/t33-,40+,42-,43-,44-,45-,46-,49-;/m0./s1. The molecule has 0 aliphatic rings. The number of primary amides is 2. The molecule has 0 unspecified atom stereocenters. The van der Waals surface area contributed by atoms with Crippen molar-refractivity contribution in [1.29, 1.82) is 0 Å². The molecule has 0 saturated carbocycles. The van der Waals surface area contributed by atoms with Crippen molar-refractivity contribution >= 4 is 75.9 Å². The Kier molecular flexibility index (Phi) is 27.9. The summed E-state index contributed by atoms with van der Waals surface area (Å²) in [6.07, 6.45) is 5.24. The van der Waals surface area contributed by atoms with Gasteiger partial charge in [0.1, 0.15) is 48.0 Å². The van der Waals surface area contributed by atoms with Crippen LogP contribution in [0.1, 0.15) is 95.5 Å². The van der Waals surface area contributed by atoms with Gasteiger partial charge < -0.3 is 79.9 Å². The number of imidazole rings is 1. The lowest BCUT2D eigenvalue weighted by Crippen LogP contribution is -2.59. The SMILES string of the molecule is CC(=O)O.CCCC[C@H](NC(=O)[C@H](Cc1ccccc1)NC(=O)[C@H](Cc1cnc[nH]1)NC(=O)CCNC(=O)[C@@H](NC(=O)[C@H](C)NC(=O)[C@H](Cc1c[nH]c2ccccc12)NC(=O)[C@H](CCC(N)=O)NC(=O)[C@H](N)Cc1ccc(O)cc1)C(C)C)C(N)=O. The summed E-state index contributed by atoms with van der Waals surface area (Å²) < 4.78 is 0. The minimum absolute atomic E-state index is 0.0160. The molecule has 18 N–H and O–H groups in total. The fourth-order valence-corrected chi connectivity index (χ4v) is 8.81. The van der Waals surface area contributed by atoms with Gasteiger partial charge >= 0.3 is 0 Å². The second-order valence-electron chi connectivity index (χ2n) is 20.9. The number of rotatable bonds is 33. The number of carbonyl (C=O) groups is 11. The van der Waals surface area contributed by atoms with Crippen molar-refractivity contribution in [2.45, 2.75) is 147 Å². The number of aromatic nitrogens is 3. The second kappa shape index (κ2) is 34.8. The van der Waals surface area contributed by atoms with Crippen LogP contribution in [0.15, 0.2) is 97.6 Å². The minimum atomic E-state index is -1.38. The molecule has 0 bridgehead atoms. The number of fused-ring (bicyclic) bond motifs is 1. The first-order chi connectivity index (χ1) is 40.8. The van der Waals surface area contributed by atoms with Crippen molar-refractivity contribution < 1.29 is 63.0 Å². The summed E-state index contributed by atoms with van der Waals surface area (Å²) in [6, 6.07) is 12.4.